The lowest BCUT2D eigenvalue weighted by Crippen LogP contribution is -2.25. The summed E-state index contributed by atoms with van der Waals surface area (Å²) >= 11 is 0. The van der Waals surface area contributed by atoms with E-state index in [9.17, 15) is 9.59 Å². The Morgan fingerprint density at radius 3 is 2.35 bits per heavy atom. The van der Waals surface area contributed by atoms with Crippen molar-refractivity contribution in [2.75, 3.05) is 5.32 Å². The molecule has 0 radical (unpaired) electrons. The maximum absolute atomic E-state index is 12.5. The highest BCUT2D eigenvalue weighted by atomic mass is 16.2. The number of nitrogens with one attached hydrogen (secondary N) is 2. The first kappa shape index (κ1) is 17.4. The van der Waals surface area contributed by atoms with Crippen molar-refractivity contribution in [2.24, 2.45) is 0 Å². The molecule has 1 aromatic heterocycles. The summed E-state index contributed by atoms with van der Waals surface area (Å²) in [7, 11) is 0. The molecule has 0 aliphatic rings. The minimum atomic E-state index is -0.350. The summed E-state index contributed by atoms with van der Waals surface area (Å²) < 4.78 is 0. The molecule has 0 spiro atoms. The largest absolute Gasteiger partial charge is 0.348 e. The molecule has 0 aliphatic heterocycles. The Kier molecular flexibility index (Phi) is 5.39. The number of rotatable bonds is 5. The molecule has 5 nitrogen and oxygen atoms in total. The summed E-state index contributed by atoms with van der Waals surface area (Å²) in [6, 6.07) is 21.8. The Balaban J connectivity index is 1.73. The van der Waals surface area contributed by atoms with Crippen LogP contribution < -0.4 is 10.6 Å². The fraction of sp³-hybridized carbons (Fsp3) is 0.0952. The van der Waals surface area contributed by atoms with Gasteiger partial charge in [-0.1, -0.05) is 48.5 Å². The second-order valence-corrected chi connectivity index (χ2v) is 5.83. The molecular weight excluding hydrogens is 326 g/mol. The Morgan fingerprint density at radius 1 is 0.846 bits per heavy atom. The van der Waals surface area contributed by atoms with Crippen molar-refractivity contribution in [2.45, 2.75) is 13.5 Å². The van der Waals surface area contributed by atoms with Gasteiger partial charge in [-0.05, 0) is 36.8 Å². The van der Waals surface area contributed by atoms with Crippen LogP contribution in [0.15, 0.2) is 72.8 Å². The first-order valence-corrected chi connectivity index (χ1v) is 8.29. The topological polar surface area (TPSA) is 71.1 Å². The van der Waals surface area contributed by atoms with E-state index in [0.29, 0.717) is 23.5 Å². The summed E-state index contributed by atoms with van der Waals surface area (Å²) in [6.07, 6.45) is 0. The number of pyridine rings is 1. The second kappa shape index (κ2) is 8.07. The van der Waals surface area contributed by atoms with Gasteiger partial charge in [0.15, 0.2) is 0 Å². The molecule has 130 valence electrons. The third-order valence-corrected chi connectivity index (χ3v) is 3.84. The van der Waals surface area contributed by atoms with E-state index in [-0.39, 0.29) is 11.8 Å². The summed E-state index contributed by atoms with van der Waals surface area (Å²) in [5, 5.41) is 5.64. The third kappa shape index (κ3) is 4.33. The summed E-state index contributed by atoms with van der Waals surface area (Å²) in [5.74, 6) is -0.598. The zero-order chi connectivity index (χ0) is 18.4. The molecule has 0 atom stereocenters. The minimum absolute atomic E-state index is 0.248. The normalized spacial score (nSPS) is 10.2. The number of nitrogens with zero attached hydrogens (tertiary/aromatic N) is 1. The van der Waals surface area contributed by atoms with Crippen LogP contribution >= 0.6 is 0 Å². The molecule has 3 aromatic rings. The van der Waals surface area contributed by atoms with E-state index in [1.165, 1.54) is 0 Å². The van der Waals surface area contributed by atoms with Crippen molar-refractivity contribution in [1.29, 1.82) is 0 Å². The first-order chi connectivity index (χ1) is 12.6. The number of benzene rings is 2. The van der Waals surface area contributed by atoms with Crippen molar-refractivity contribution in [1.82, 2.24) is 10.3 Å². The van der Waals surface area contributed by atoms with Crippen LogP contribution in [0.5, 0.6) is 0 Å². The van der Waals surface area contributed by atoms with Gasteiger partial charge in [0.25, 0.3) is 11.8 Å². The van der Waals surface area contributed by atoms with Crippen molar-refractivity contribution < 1.29 is 9.59 Å². The average Bonchev–Trinajstić information content (AvgIpc) is 2.67. The number of hydrogen-bond acceptors (Lipinski definition) is 3. The number of carbonyl (C=O) groups excluding carboxylic acids is 2. The maximum Gasteiger partial charge on any atom is 0.274 e. The Hall–Kier alpha value is -3.47. The molecular formula is C21H19N3O2. The van der Waals surface area contributed by atoms with Gasteiger partial charge in [0, 0.05) is 12.2 Å². The van der Waals surface area contributed by atoms with Crippen LogP contribution in [0.4, 0.5) is 5.69 Å². The van der Waals surface area contributed by atoms with Crippen molar-refractivity contribution >= 4 is 17.5 Å². The fourth-order valence-corrected chi connectivity index (χ4v) is 2.52. The van der Waals surface area contributed by atoms with Crippen LogP contribution in [0, 0.1) is 6.92 Å². The molecule has 26 heavy (non-hydrogen) atoms. The van der Waals surface area contributed by atoms with Gasteiger partial charge in [-0.3, -0.25) is 9.59 Å². The minimum Gasteiger partial charge on any atom is -0.348 e. The summed E-state index contributed by atoms with van der Waals surface area (Å²) in [6.45, 7) is 2.24. The number of aromatic nitrogens is 1. The van der Waals surface area contributed by atoms with E-state index in [1.54, 1.807) is 36.4 Å². The summed E-state index contributed by atoms with van der Waals surface area (Å²) in [5.41, 5.74) is 2.93. The predicted octanol–water partition coefficient (Wildman–Crippen LogP) is 3.57. The number of para-hydroxylation sites is 1. The van der Waals surface area contributed by atoms with Crippen LogP contribution in [0.2, 0.25) is 0 Å². The lowest BCUT2D eigenvalue weighted by molar-refractivity contribution is 0.0952. The Morgan fingerprint density at radius 2 is 1.58 bits per heavy atom. The Labute approximate surface area is 152 Å². The standard InChI is InChI=1S/C21H19N3O2/c1-15-8-7-13-19(23-15)21(26)24-18-12-6-5-11-17(18)20(25)22-14-16-9-3-2-4-10-16/h2-13H,14H2,1H3,(H,22,25)(H,24,26). The zero-order valence-electron chi connectivity index (χ0n) is 14.4. The number of aryl methyl sites for hydroxylation is 1. The lowest BCUT2D eigenvalue weighted by Gasteiger charge is -2.11. The van der Waals surface area contributed by atoms with Gasteiger partial charge < -0.3 is 10.6 Å². The number of anilines is 1. The van der Waals surface area contributed by atoms with E-state index in [2.05, 4.69) is 15.6 Å². The fourth-order valence-electron chi connectivity index (χ4n) is 2.52. The van der Waals surface area contributed by atoms with Crippen molar-refractivity contribution in [3.8, 4) is 0 Å². The van der Waals surface area contributed by atoms with Gasteiger partial charge in [0.05, 0.1) is 11.3 Å². The monoisotopic (exact) mass is 345 g/mol. The van der Waals surface area contributed by atoms with Gasteiger partial charge in [-0.2, -0.15) is 0 Å². The third-order valence-electron chi connectivity index (χ3n) is 3.84. The van der Waals surface area contributed by atoms with Gasteiger partial charge in [-0.15, -0.1) is 0 Å². The van der Waals surface area contributed by atoms with Crippen LogP contribution in [0.25, 0.3) is 0 Å². The molecule has 2 amide bonds. The molecule has 0 fully saturated rings. The highest BCUT2D eigenvalue weighted by Gasteiger charge is 2.14. The molecule has 2 N–H and O–H groups in total. The van der Waals surface area contributed by atoms with E-state index in [4.69, 9.17) is 0 Å². The van der Waals surface area contributed by atoms with Crippen LogP contribution in [-0.2, 0) is 6.54 Å². The molecule has 0 unspecified atom stereocenters. The second-order valence-electron chi connectivity index (χ2n) is 5.83. The Bertz CT molecular complexity index is 923. The first-order valence-electron chi connectivity index (χ1n) is 8.29. The predicted molar refractivity (Wildman–Crippen MR) is 101 cm³/mol. The molecule has 0 aliphatic carbocycles. The van der Waals surface area contributed by atoms with Crippen LogP contribution in [0.3, 0.4) is 0 Å². The smallest absolute Gasteiger partial charge is 0.274 e. The highest BCUT2D eigenvalue weighted by molar-refractivity contribution is 6.08. The van der Waals surface area contributed by atoms with Crippen molar-refractivity contribution in [3.05, 3.63) is 95.3 Å². The van der Waals surface area contributed by atoms with E-state index in [1.807, 2.05) is 43.3 Å². The summed E-state index contributed by atoms with van der Waals surface area (Å²) in [4.78, 5) is 29.2. The van der Waals surface area contributed by atoms with Gasteiger partial charge in [-0.25, -0.2) is 4.98 Å². The molecule has 0 saturated heterocycles. The molecule has 5 heteroatoms. The zero-order valence-corrected chi connectivity index (χ0v) is 14.4. The van der Waals surface area contributed by atoms with E-state index in [0.717, 1.165) is 11.3 Å². The quantitative estimate of drug-likeness (QED) is 0.742. The van der Waals surface area contributed by atoms with Gasteiger partial charge in [0.1, 0.15) is 5.69 Å². The SMILES string of the molecule is Cc1cccc(C(=O)Nc2ccccc2C(=O)NCc2ccccc2)n1. The van der Waals surface area contributed by atoms with Gasteiger partial charge in [0.2, 0.25) is 0 Å². The lowest BCUT2D eigenvalue weighted by atomic mass is 10.1. The average molecular weight is 345 g/mol. The number of hydrogen-bond donors (Lipinski definition) is 2. The molecule has 3 rings (SSSR count). The van der Waals surface area contributed by atoms with E-state index < -0.39 is 0 Å². The molecule has 0 bridgehead atoms. The number of carbonyl (C=O) groups is 2. The van der Waals surface area contributed by atoms with Crippen LogP contribution in [-0.4, -0.2) is 16.8 Å². The molecule has 0 saturated carbocycles. The molecule has 1 heterocycles. The van der Waals surface area contributed by atoms with Gasteiger partial charge >= 0.3 is 0 Å². The van der Waals surface area contributed by atoms with Crippen molar-refractivity contribution in [3.63, 3.8) is 0 Å². The van der Waals surface area contributed by atoms with E-state index >= 15 is 0 Å². The maximum atomic E-state index is 12.5. The van der Waals surface area contributed by atoms with Crippen LogP contribution in [0.1, 0.15) is 32.1 Å². The molecule has 2 aromatic carbocycles. The highest BCUT2D eigenvalue weighted by Crippen LogP contribution is 2.16. The number of amides is 2.